The number of thioether (sulfide) groups is 1. The molecule has 2 aromatic carbocycles. The van der Waals surface area contributed by atoms with Crippen molar-refractivity contribution in [2.45, 2.75) is 43.0 Å². The fourth-order valence-corrected chi connectivity index (χ4v) is 5.80. The van der Waals surface area contributed by atoms with Crippen LogP contribution in [0.5, 0.6) is 0 Å². The first-order valence-corrected chi connectivity index (χ1v) is 12.2. The number of hydrogen-bond donors (Lipinski definition) is 0. The number of benzene rings is 2. The molecule has 1 aliphatic carbocycles. The van der Waals surface area contributed by atoms with Crippen molar-refractivity contribution in [1.29, 1.82) is 0 Å². The molecule has 6 heteroatoms. The molecule has 2 aromatic heterocycles. The van der Waals surface area contributed by atoms with Gasteiger partial charge in [0.15, 0.2) is 10.9 Å². The number of fused-ring (bicyclic) bond motifs is 1. The van der Waals surface area contributed by atoms with E-state index in [1.807, 2.05) is 68.4 Å². The second-order valence-corrected chi connectivity index (χ2v) is 10.2. The van der Waals surface area contributed by atoms with Crippen LogP contribution in [0, 0.1) is 6.92 Å². The van der Waals surface area contributed by atoms with E-state index < -0.39 is 0 Å². The van der Waals surface area contributed by atoms with Gasteiger partial charge in [-0.15, -0.1) is 11.3 Å². The van der Waals surface area contributed by atoms with Crippen molar-refractivity contribution >= 4 is 39.1 Å². The Balaban J connectivity index is 1.59. The first-order chi connectivity index (χ1) is 15.0. The molecule has 31 heavy (non-hydrogen) atoms. The van der Waals surface area contributed by atoms with E-state index in [4.69, 9.17) is 4.98 Å². The minimum atomic E-state index is -0.370. The zero-order valence-corrected chi connectivity index (χ0v) is 19.0. The molecule has 0 spiro atoms. The van der Waals surface area contributed by atoms with Gasteiger partial charge in [0, 0.05) is 5.56 Å². The molecule has 1 fully saturated rings. The van der Waals surface area contributed by atoms with Crippen LogP contribution in [0.1, 0.15) is 47.2 Å². The van der Waals surface area contributed by atoms with E-state index in [9.17, 15) is 9.59 Å². The molecule has 1 unspecified atom stereocenters. The normalized spacial score (nSPS) is 14.6. The first kappa shape index (κ1) is 20.2. The Kier molecular flexibility index (Phi) is 5.28. The summed E-state index contributed by atoms with van der Waals surface area (Å²) >= 11 is 2.87. The molecule has 0 N–H and O–H groups in total. The van der Waals surface area contributed by atoms with Gasteiger partial charge in [-0.1, -0.05) is 59.8 Å². The number of carbonyl (C=O) groups excluding carboxylic acids is 1. The summed E-state index contributed by atoms with van der Waals surface area (Å²) in [5.41, 5.74) is 3.64. The van der Waals surface area contributed by atoms with Crippen LogP contribution >= 0.6 is 23.1 Å². The van der Waals surface area contributed by atoms with Gasteiger partial charge in [-0.3, -0.25) is 14.2 Å². The lowest BCUT2D eigenvalue weighted by Gasteiger charge is -2.15. The van der Waals surface area contributed by atoms with E-state index >= 15 is 0 Å². The molecule has 1 atom stereocenters. The topological polar surface area (TPSA) is 52.0 Å². The van der Waals surface area contributed by atoms with Crippen LogP contribution in [-0.4, -0.2) is 20.6 Å². The monoisotopic (exact) mass is 446 g/mol. The van der Waals surface area contributed by atoms with Gasteiger partial charge in [-0.2, -0.15) is 0 Å². The summed E-state index contributed by atoms with van der Waals surface area (Å²) in [5.74, 6) is 0.511. The summed E-state index contributed by atoms with van der Waals surface area (Å²) in [6, 6.07) is 17.2. The second-order valence-electron chi connectivity index (χ2n) is 8.01. The number of Topliss-reactive ketones (excluding diaryl/α,β-unsaturated/α-hetero) is 1. The number of aromatic nitrogens is 2. The van der Waals surface area contributed by atoms with Crippen LogP contribution in [0.15, 0.2) is 69.9 Å². The Bertz CT molecular complexity index is 1320. The van der Waals surface area contributed by atoms with Crippen LogP contribution in [0.4, 0.5) is 0 Å². The van der Waals surface area contributed by atoms with Gasteiger partial charge in [0.1, 0.15) is 4.83 Å². The minimum Gasteiger partial charge on any atom is -0.293 e. The molecule has 4 nitrogen and oxygen atoms in total. The van der Waals surface area contributed by atoms with E-state index in [2.05, 4.69) is 5.38 Å². The highest BCUT2D eigenvalue weighted by Crippen LogP contribution is 2.44. The summed E-state index contributed by atoms with van der Waals surface area (Å²) in [6.45, 7) is 3.88. The molecule has 2 heterocycles. The zero-order valence-electron chi connectivity index (χ0n) is 17.4. The second kappa shape index (κ2) is 8.09. The molecular weight excluding hydrogens is 424 g/mol. The van der Waals surface area contributed by atoms with Crippen LogP contribution in [0.25, 0.3) is 15.9 Å². The summed E-state index contributed by atoms with van der Waals surface area (Å²) in [6.07, 6.45) is 2.27. The number of ketones is 1. The Morgan fingerprint density at radius 1 is 1.13 bits per heavy atom. The molecule has 0 aliphatic heterocycles. The van der Waals surface area contributed by atoms with Gasteiger partial charge in [0.25, 0.3) is 5.56 Å². The van der Waals surface area contributed by atoms with Crippen molar-refractivity contribution in [3.05, 3.63) is 87.0 Å². The van der Waals surface area contributed by atoms with Crippen LogP contribution in [-0.2, 0) is 0 Å². The quantitative estimate of drug-likeness (QED) is 0.207. The van der Waals surface area contributed by atoms with Gasteiger partial charge in [0.2, 0.25) is 0 Å². The smallest absolute Gasteiger partial charge is 0.267 e. The fourth-order valence-electron chi connectivity index (χ4n) is 3.74. The van der Waals surface area contributed by atoms with Crippen molar-refractivity contribution in [2.24, 2.45) is 0 Å². The highest BCUT2D eigenvalue weighted by molar-refractivity contribution is 8.00. The summed E-state index contributed by atoms with van der Waals surface area (Å²) in [4.78, 5) is 32.3. The largest absolute Gasteiger partial charge is 0.293 e. The number of nitrogens with zero attached hydrogens (tertiary/aromatic N) is 2. The third-order valence-electron chi connectivity index (χ3n) is 5.62. The highest BCUT2D eigenvalue weighted by Gasteiger charge is 2.29. The van der Waals surface area contributed by atoms with Gasteiger partial charge in [-0.05, 0) is 55.7 Å². The summed E-state index contributed by atoms with van der Waals surface area (Å²) in [5, 5.41) is 3.01. The number of carbonyl (C=O) groups is 1. The molecule has 0 saturated heterocycles. The number of thiophene rings is 1. The fraction of sp³-hybridized carbons (Fsp3) is 0.240. The third kappa shape index (κ3) is 3.86. The van der Waals surface area contributed by atoms with Crippen LogP contribution in [0.2, 0.25) is 0 Å². The molecular formula is C25H22N2O2S2. The lowest BCUT2D eigenvalue weighted by molar-refractivity contribution is 0.0994. The number of aryl methyl sites for hydroxylation is 1. The van der Waals surface area contributed by atoms with E-state index in [1.54, 1.807) is 4.57 Å². The number of rotatable bonds is 6. The maximum Gasteiger partial charge on any atom is 0.267 e. The summed E-state index contributed by atoms with van der Waals surface area (Å²) in [7, 11) is 0. The Hall–Kier alpha value is -2.70. The lowest BCUT2D eigenvalue weighted by Crippen LogP contribution is -2.23. The van der Waals surface area contributed by atoms with E-state index in [1.165, 1.54) is 23.1 Å². The van der Waals surface area contributed by atoms with Crippen LogP contribution in [0.3, 0.4) is 0 Å². The molecule has 1 aliphatic rings. The Morgan fingerprint density at radius 2 is 1.84 bits per heavy atom. The van der Waals surface area contributed by atoms with Crippen molar-refractivity contribution in [3.63, 3.8) is 0 Å². The van der Waals surface area contributed by atoms with Crippen molar-refractivity contribution in [1.82, 2.24) is 9.55 Å². The van der Waals surface area contributed by atoms with Gasteiger partial charge in [-0.25, -0.2) is 4.98 Å². The molecule has 5 rings (SSSR count). The minimum absolute atomic E-state index is 0.0313. The average Bonchev–Trinajstić information content (AvgIpc) is 3.53. The molecule has 0 amide bonds. The van der Waals surface area contributed by atoms with Crippen molar-refractivity contribution < 1.29 is 4.79 Å². The first-order valence-electron chi connectivity index (χ1n) is 10.4. The molecule has 156 valence electrons. The molecule has 0 radical (unpaired) electrons. The standard InChI is InChI=1S/C25H22N2O2S2/c1-15-8-10-18(11-9-15)22(28)16(2)31-25-26-23-21(20(14-30-23)17-12-13-17)24(29)27(25)19-6-4-3-5-7-19/h3-11,14,16-17H,12-13H2,1-2H3. The average molecular weight is 447 g/mol. The van der Waals surface area contributed by atoms with Gasteiger partial charge >= 0.3 is 0 Å². The number of para-hydroxylation sites is 1. The molecule has 0 bridgehead atoms. The third-order valence-corrected chi connectivity index (χ3v) is 7.57. The van der Waals surface area contributed by atoms with Gasteiger partial charge < -0.3 is 0 Å². The van der Waals surface area contributed by atoms with Crippen molar-refractivity contribution in [3.8, 4) is 5.69 Å². The zero-order chi connectivity index (χ0) is 21.5. The van der Waals surface area contributed by atoms with Crippen LogP contribution < -0.4 is 5.56 Å². The Labute approximate surface area is 189 Å². The van der Waals surface area contributed by atoms with Crippen molar-refractivity contribution in [2.75, 3.05) is 0 Å². The SMILES string of the molecule is Cc1ccc(C(=O)C(C)Sc2nc3scc(C4CC4)c3c(=O)n2-c2ccccc2)cc1. The molecule has 4 aromatic rings. The highest BCUT2D eigenvalue weighted by atomic mass is 32.2. The lowest BCUT2D eigenvalue weighted by atomic mass is 10.1. The van der Waals surface area contributed by atoms with Gasteiger partial charge in [0.05, 0.1) is 16.3 Å². The predicted octanol–water partition coefficient (Wildman–Crippen LogP) is 6.00. The van der Waals surface area contributed by atoms with E-state index in [-0.39, 0.29) is 16.6 Å². The van der Waals surface area contributed by atoms with E-state index in [0.717, 1.165) is 39.9 Å². The maximum absolute atomic E-state index is 13.7. The molecule has 1 saturated carbocycles. The summed E-state index contributed by atoms with van der Waals surface area (Å²) < 4.78 is 1.67. The number of hydrogen-bond acceptors (Lipinski definition) is 5. The van der Waals surface area contributed by atoms with E-state index in [0.29, 0.717) is 16.6 Å². The Morgan fingerprint density at radius 3 is 2.52 bits per heavy atom. The maximum atomic E-state index is 13.7. The predicted molar refractivity (Wildman–Crippen MR) is 128 cm³/mol.